The molecule has 0 radical (unpaired) electrons. The molecule has 1 aromatic heterocycles. The van der Waals surface area contributed by atoms with Gasteiger partial charge in [-0.15, -0.1) is 0 Å². The highest BCUT2D eigenvalue weighted by Gasteiger charge is 2.02. The summed E-state index contributed by atoms with van der Waals surface area (Å²) < 4.78 is 0. The number of aromatic amines is 1. The molecule has 3 heteroatoms. The summed E-state index contributed by atoms with van der Waals surface area (Å²) in [6.45, 7) is 0. The molecule has 2 rings (SSSR count). The van der Waals surface area contributed by atoms with E-state index in [1.165, 1.54) is 10.6 Å². The quantitative estimate of drug-likeness (QED) is 0.660. The van der Waals surface area contributed by atoms with Crippen molar-refractivity contribution in [2.24, 2.45) is 0 Å². The van der Waals surface area contributed by atoms with Crippen molar-refractivity contribution in [3.05, 3.63) is 41.9 Å². The van der Waals surface area contributed by atoms with Gasteiger partial charge >= 0.3 is 0 Å². The lowest BCUT2D eigenvalue weighted by molar-refractivity contribution is -0.358. The largest absolute Gasteiger partial charge is 0.870 e. The maximum absolute atomic E-state index is 3.17. The van der Waals surface area contributed by atoms with E-state index >= 15 is 0 Å². The Morgan fingerprint density at radius 2 is 1.83 bits per heavy atom. The molecular formula is C9H9NOS. The van der Waals surface area contributed by atoms with Gasteiger partial charge in [0.15, 0.2) is 6.20 Å². The first kappa shape index (κ1) is 8.90. The molecule has 2 nitrogen and oxygen atoms in total. The molecule has 2 aromatic rings. The van der Waals surface area contributed by atoms with Gasteiger partial charge in [-0.05, 0) is 12.1 Å². The zero-order chi connectivity index (χ0) is 7.52. The second kappa shape index (κ2) is 3.99. The SMILES string of the molecule is [OH-].c1ccc(-c2[nH+]ccs2)cc1. The normalized spacial score (nSPS) is 9.00. The first-order valence-corrected chi connectivity index (χ1v) is 4.35. The third-order valence-electron chi connectivity index (χ3n) is 1.50. The van der Waals surface area contributed by atoms with Gasteiger partial charge in [0.1, 0.15) is 0 Å². The van der Waals surface area contributed by atoms with Gasteiger partial charge in [-0.1, -0.05) is 29.5 Å². The lowest BCUT2D eigenvalue weighted by atomic mass is 10.2. The predicted molar refractivity (Wildman–Crippen MR) is 48.2 cm³/mol. The van der Waals surface area contributed by atoms with Crippen LogP contribution in [0, 0.1) is 0 Å². The van der Waals surface area contributed by atoms with Gasteiger partial charge in [0.05, 0.1) is 10.9 Å². The number of benzene rings is 1. The zero-order valence-electron chi connectivity index (χ0n) is 6.40. The smallest absolute Gasteiger partial charge is 0.267 e. The van der Waals surface area contributed by atoms with Gasteiger partial charge < -0.3 is 5.48 Å². The van der Waals surface area contributed by atoms with E-state index in [1.54, 1.807) is 11.3 Å². The molecule has 0 aliphatic rings. The summed E-state index contributed by atoms with van der Waals surface area (Å²) in [5.74, 6) is 0. The Balaban J connectivity index is 0.000000720. The molecule has 0 atom stereocenters. The van der Waals surface area contributed by atoms with E-state index in [0.29, 0.717) is 0 Å². The fourth-order valence-electron chi connectivity index (χ4n) is 0.987. The molecule has 0 aliphatic carbocycles. The molecule has 2 N–H and O–H groups in total. The number of H-pyrrole nitrogens is 1. The zero-order valence-corrected chi connectivity index (χ0v) is 7.21. The van der Waals surface area contributed by atoms with E-state index in [2.05, 4.69) is 17.1 Å². The van der Waals surface area contributed by atoms with Crippen molar-refractivity contribution in [3.8, 4) is 10.6 Å². The molecule has 1 heterocycles. The highest BCUT2D eigenvalue weighted by atomic mass is 32.1. The average molecular weight is 179 g/mol. The van der Waals surface area contributed by atoms with Crippen LogP contribution in [-0.2, 0) is 0 Å². The second-order valence-corrected chi connectivity index (χ2v) is 3.18. The van der Waals surface area contributed by atoms with E-state index in [4.69, 9.17) is 0 Å². The molecule has 0 amide bonds. The van der Waals surface area contributed by atoms with E-state index in [1.807, 2.05) is 29.8 Å². The summed E-state index contributed by atoms with van der Waals surface area (Å²) in [6.07, 6.45) is 1.95. The van der Waals surface area contributed by atoms with Crippen LogP contribution in [0.5, 0.6) is 0 Å². The Morgan fingerprint density at radius 3 is 2.42 bits per heavy atom. The first-order chi connectivity index (χ1) is 5.47. The molecule has 0 unspecified atom stereocenters. The fourth-order valence-corrected chi connectivity index (χ4v) is 1.67. The Hall–Kier alpha value is -1.19. The second-order valence-electron chi connectivity index (χ2n) is 2.26. The number of aromatic nitrogens is 1. The van der Waals surface area contributed by atoms with Crippen molar-refractivity contribution < 1.29 is 10.5 Å². The van der Waals surface area contributed by atoms with Gasteiger partial charge in [0, 0.05) is 0 Å². The number of hydrogen-bond acceptors (Lipinski definition) is 2. The first-order valence-electron chi connectivity index (χ1n) is 3.47. The highest BCUT2D eigenvalue weighted by Crippen LogP contribution is 2.17. The van der Waals surface area contributed by atoms with Crippen LogP contribution in [0.3, 0.4) is 0 Å². The van der Waals surface area contributed by atoms with Gasteiger partial charge in [0.2, 0.25) is 0 Å². The Labute approximate surface area is 74.8 Å². The van der Waals surface area contributed by atoms with Crippen molar-refractivity contribution >= 4 is 11.3 Å². The summed E-state index contributed by atoms with van der Waals surface area (Å²) in [7, 11) is 0. The van der Waals surface area contributed by atoms with Crippen LogP contribution < -0.4 is 4.98 Å². The Morgan fingerprint density at radius 1 is 1.08 bits per heavy atom. The summed E-state index contributed by atoms with van der Waals surface area (Å²) in [6, 6.07) is 10.3. The average Bonchev–Trinajstić information content (AvgIpc) is 2.58. The molecule has 62 valence electrons. The predicted octanol–water partition coefficient (Wildman–Crippen LogP) is 2.05. The highest BCUT2D eigenvalue weighted by molar-refractivity contribution is 7.12. The maximum Gasteiger partial charge on any atom is 0.267 e. The van der Waals surface area contributed by atoms with Crippen LogP contribution >= 0.6 is 11.3 Å². The Kier molecular flexibility index (Phi) is 2.96. The van der Waals surface area contributed by atoms with E-state index in [9.17, 15) is 0 Å². The minimum absolute atomic E-state index is 0. The number of rotatable bonds is 1. The van der Waals surface area contributed by atoms with Crippen molar-refractivity contribution in [3.63, 3.8) is 0 Å². The van der Waals surface area contributed by atoms with Crippen molar-refractivity contribution in [2.75, 3.05) is 0 Å². The van der Waals surface area contributed by atoms with Crippen molar-refractivity contribution in [1.29, 1.82) is 0 Å². The monoisotopic (exact) mass is 179 g/mol. The number of nitrogens with one attached hydrogen (secondary N) is 1. The maximum atomic E-state index is 3.17. The lowest BCUT2D eigenvalue weighted by Gasteiger charge is -1.87. The van der Waals surface area contributed by atoms with E-state index in [-0.39, 0.29) is 5.48 Å². The Bertz CT molecular complexity index is 318. The van der Waals surface area contributed by atoms with Gasteiger partial charge in [-0.25, -0.2) is 4.98 Å². The standard InChI is InChI=1S/C9H7NS.H2O/c1-2-4-8(5-3-1)9-10-6-7-11-9;/h1-7H;1H2. The van der Waals surface area contributed by atoms with Crippen LogP contribution in [0.15, 0.2) is 41.9 Å². The molecule has 0 saturated carbocycles. The number of thiazole rings is 1. The molecule has 0 bridgehead atoms. The number of hydrogen-bond donors (Lipinski definition) is 0. The minimum atomic E-state index is 0. The lowest BCUT2D eigenvalue weighted by Crippen LogP contribution is -1.97. The summed E-state index contributed by atoms with van der Waals surface area (Å²) in [5.41, 5.74) is 1.25. The van der Waals surface area contributed by atoms with E-state index < -0.39 is 0 Å². The van der Waals surface area contributed by atoms with Crippen LogP contribution in [0.1, 0.15) is 0 Å². The third-order valence-corrected chi connectivity index (χ3v) is 2.37. The summed E-state index contributed by atoms with van der Waals surface area (Å²) in [4.78, 5) is 3.17. The van der Waals surface area contributed by atoms with Gasteiger partial charge in [0.25, 0.3) is 5.01 Å². The van der Waals surface area contributed by atoms with E-state index in [0.717, 1.165) is 0 Å². The van der Waals surface area contributed by atoms with Gasteiger partial charge in [-0.3, -0.25) is 0 Å². The molecule has 0 spiro atoms. The summed E-state index contributed by atoms with van der Waals surface area (Å²) in [5, 5.41) is 3.26. The molecular weight excluding hydrogens is 170 g/mol. The molecule has 0 fully saturated rings. The third kappa shape index (κ3) is 1.69. The van der Waals surface area contributed by atoms with Crippen molar-refractivity contribution in [1.82, 2.24) is 0 Å². The summed E-state index contributed by atoms with van der Waals surface area (Å²) >= 11 is 1.72. The molecule has 1 aromatic carbocycles. The molecule has 12 heavy (non-hydrogen) atoms. The molecule has 0 aliphatic heterocycles. The molecule has 0 saturated heterocycles. The fraction of sp³-hybridized carbons (Fsp3) is 0. The van der Waals surface area contributed by atoms with Crippen LogP contribution in [0.25, 0.3) is 10.6 Å². The van der Waals surface area contributed by atoms with Crippen LogP contribution in [0.4, 0.5) is 0 Å². The minimum Gasteiger partial charge on any atom is -0.870 e. The van der Waals surface area contributed by atoms with Crippen molar-refractivity contribution in [2.45, 2.75) is 0 Å². The van der Waals surface area contributed by atoms with Gasteiger partial charge in [-0.2, -0.15) is 0 Å². The van der Waals surface area contributed by atoms with Crippen LogP contribution in [0.2, 0.25) is 0 Å². The van der Waals surface area contributed by atoms with Crippen LogP contribution in [-0.4, -0.2) is 5.48 Å². The topological polar surface area (TPSA) is 44.1 Å².